The predicted octanol–water partition coefficient (Wildman–Crippen LogP) is 4.24. The SMILES string of the molecule is O=[N+]([O-])c1cccc(CSc2nnc3c(Cl)cc(Cl)cn23)c1. The van der Waals surface area contributed by atoms with Crippen LogP contribution >= 0.6 is 35.0 Å². The van der Waals surface area contributed by atoms with Crippen LogP contribution in [0.1, 0.15) is 5.56 Å². The second kappa shape index (κ2) is 6.12. The van der Waals surface area contributed by atoms with E-state index in [4.69, 9.17) is 23.2 Å². The van der Waals surface area contributed by atoms with Crippen LogP contribution in [0.3, 0.4) is 0 Å². The smallest absolute Gasteiger partial charge is 0.269 e. The largest absolute Gasteiger partial charge is 0.275 e. The van der Waals surface area contributed by atoms with Crippen LogP contribution in [0, 0.1) is 10.1 Å². The van der Waals surface area contributed by atoms with Crippen LogP contribution in [0.25, 0.3) is 5.65 Å². The molecule has 0 fully saturated rings. The molecule has 0 amide bonds. The number of aromatic nitrogens is 3. The number of benzene rings is 1. The highest BCUT2D eigenvalue weighted by Crippen LogP contribution is 2.27. The van der Waals surface area contributed by atoms with Gasteiger partial charge in [-0.3, -0.25) is 14.5 Å². The number of hydrogen-bond donors (Lipinski definition) is 0. The highest BCUT2D eigenvalue weighted by Gasteiger charge is 2.11. The lowest BCUT2D eigenvalue weighted by Crippen LogP contribution is -1.91. The van der Waals surface area contributed by atoms with Crippen molar-refractivity contribution in [2.45, 2.75) is 10.9 Å². The zero-order valence-corrected chi connectivity index (χ0v) is 13.3. The van der Waals surface area contributed by atoms with Crippen molar-refractivity contribution in [1.29, 1.82) is 0 Å². The van der Waals surface area contributed by atoms with E-state index in [2.05, 4.69) is 10.2 Å². The number of rotatable bonds is 4. The van der Waals surface area contributed by atoms with Crippen LogP contribution in [0.4, 0.5) is 5.69 Å². The standard InChI is InChI=1S/C13H8Cl2N4O2S/c14-9-5-11(15)12-16-17-13(18(12)6-9)22-7-8-2-1-3-10(4-8)19(20)21/h1-6H,7H2. The number of non-ortho nitro benzene ring substituents is 1. The van der Waals surface area contributed by atoms with Crippen molar-refractivity contribution < 1.29 is 4.92 Å². The Balaban J connectivity index is 1.85. The minimum atomic E-state index is -0.416. The average Bonchev–Trinajstić information content (AvgIpc) is 2.88. The van der Waals surface area contributed by atoms with Gasteiger partial charge in [-0.25, -0.2) is 0 Å². The molecule has 0 atom stereocenters. The number of fused-ring (bicyclic) bond motifs is 1. The molecule has 0 radical (unpaired) electrons. The summed E-state index contributed by atoms with van der Waals surface area (Å²) in [6, 6.07) is 8.07. The van der Waals surface area contributed by atoms with Crippen LogP contribution in [0.15, 0.2) is 41.7 Å². The van der Waals surface area contributed by atoms with E-state index in [1.54, 1.807) is 22.7 Å². The van der Waals surface area contributed by atoms with Gasteiger partial charge in [0.25, 0.3) is 5.69 Å². The minimum Gasteiger partial charge on any atom is -0.275 e. The van der Waals surface area contributed by atoms with Gasteiger partial charge < -0.3 is 0 Å². The van der Waals surface area contributed by atoms with Gasteiger partial charge >= 0.3 is 0 Å². The number of halogens is 2. The van der Waals surface area contributed by atoms with Gasteiger partial charge in [0.05, 0.1) is 15.0 Å². The summed E-state index contributed by atoms with van der Waals surface area (Å²) in [5.41, 5.74) is 1.41. The Labute approximate surface area is 139 Å². The van der Waals surface area contributed by atoms with E-state index in [-0.39, 0.29) is 5.69 Å². The van der Waals surface area contributed by atoms with Crippen LogP contribution in [-0.4, -0.2) is 19.5 Å². The lowest BCUT2D eigenvalue weighted by Gasteiger charge is -2.02. The van der Waals surface area contributed by atoms with E-state index >= 15 is 0 Å². The highest BCUT2D eigenvalue weighted by molar-refractivity contribution is 7.98. The summed E-state index contributed by atoms with van der Waals surface area (Å²) in [7, 11) is 0. The maximum Gasteiger partial charge on any atom is 0.269 e. The van der Waals surface area contributed by atoms with Crippen molar-refractivity contribution in [2.24, 2.45) is 0 Å². The summed E-state index contributed by atoms with van der Waals surface area (Å²) in [5, 5.41) is 20.4. The maximum atomic E-state index is 10.8. The lowest BCUT2D eigenvalue weighted by molar-refractivity contribution is -0.384. The third-order valence-corrected chi connectivity index (χ3v) is 4.38. The molecule has 9 heteroatoms. The van der Waals surface area contributed by atoms with Crippen LogP contribution < -0.4 is 0 Å². The molecular weight excluding hydrogens is 347 g/mol. The van der Waals surface area contributed by atoms with E-state index in [0.717, 1.165) is 5.56 Å². The van der Waals surface area contributed by atoms with E-state index in [1.165, 1.54) is 23.9 Å². The summed E-state index contributed by atoms with van der Waals surface area (Å²) >= 11 is 13.4. The van der Waals surface area contributed by atoms with Gasteiger partial charge in [0.1, 0.15) is 0 Å². The Hall–Kier alpha value is -1.83. The monoisotopic (exact) mass is 354 g/mol. The molecule has 2 aromatic heterocycles. The Morgan fingerprint density at radius 2 is 2.09 bits per heavy atom. The van der Waals surface area contributed by atoms with E-state index in [0.29, 0.717) is 26.6 Å². The molecule has 0 aliphatic heterocycles. The Bertz CT molecular complexity index is 868. The van der Waals surface area contributed by atoms with Crippen molar-refractivity contribution in [3.05, 3.63) is 62.3 Å². The summed E-state index contributed by atoms with van der Waals surface area (Å²) in [6.45, 7) is 0. The molecule has 0 saturated carbocycles. The van der Waals surface area contributed by atoms with Gasteiger partial charge in [0.2, 0.25) is 0 Å². The predicted molar refractivity (Wildman–Crippen MR) is 85.7 cm³/mol. The first kappa shape index (κ1) is 15.1. The normalized spacial score (nSPS) is 11.0. The van der Waals surface area contributed by atoms with Gasteiger partial charge in [-0.1, -0.05) is 47.1 Å². The molecule has 6 nitrogen and oxygen atoms in total. The second-order valence-corrected chi connectivity index (χ2v) is 6.18. The summed E-state index contributed by atoms with van der Waals surface area (Å²) in [6.07, 6.45) is 1.68. The fourth-order valence-electron chi connectivity index (χ4n) is 1.91. The minimum absolute atomic E-state index is 0.0651. The zero-order chi connectivity index (χ0) is 15.7. The molecule has 0 aliphatic rings. The quantitative estimate of drug-likeness (QED) is 0.398. The van der Waals surface area contributed by atoms with Gasteiger partial charge in [0, 0.05) is 24.1 Å². The van der Waals surface area contributed by atoms with E-state index < -0.39 is 4.92 Å². The fourth-order valence-corrected chi connectivity index (χ4v) is 3.27. The molecule has 0 saturated heterocycles. The number of nitro groups is 1. The first-order valence-corrected chi connectivity index (χ1v) is 7.84. The molecule has 0 aliphatic carbocycles. The van der Waals surface area contributed by atoms with Crippen molar-refractivity contribution in [2.75, 3.05) is 0 Å². The number of nitrogens with zero attached hydrogens (tertiary/aromatic N) is 4. The number of nitro benzene ring substituents is 1. The Morgan fingerprint density at radius 1 is 1.27 bits per heavy atom. The van der Waals surface area contributed by atoms with Crippen molar-refractivity contribution in [3.8, 4) is 0 Å². The van der Waals surface area contributed by atoms with Crippen molar-refractivity contribution in [3.63, 3.8) is 0 Å². The molecule has 112 valence electrons. The van der Waals surface area contributed by atoms with Gasteiger partial charge in [-0.2, -0.15) is 0 Å². The molecule has 1 aromatic carbocycles. The van der Waals surface area contributed by atoms with Crippen molar-refractivity contribution in [1.82, 2.24) is 14.6 Å². The molecular formula is C13H8Cl2N4O2S. The van der Waals surface area contributed by atoms with Crippen LogP contribution in [-0.2, 0) is 5.75 Å². The Kier molecular flexibility index (Phi) is 4.19. The fraction of sp³-hybridized carbons (Fsp3) is 0.0769. The average molecular weight is 355 g/mol. The van der Waals surface area contributed by atoms with E-state index in [1.807, 2.05) is 6.07 Å². The number of thioether (sulfide) groups is 1. The number of hydrogen-bond acceptors (Lipinski definition) is 5. The third kappa shape index (κ3) is 3.01. The molecule has 3 rings (SSSR count). The maximum absolute atomic E-state index is 10.8. The second-order valence-electron chi connectivity index (χ2n) is 4.40. The molecule has 3 aromatic rings. The number of pyridine rings is 1. The molecule has 2 heterocycles. The molecule has 0 N–H and O–H groups in total. The Morgan fingerprint density at radius 3 is 2.86 bits per heavy atom. The summed E-state index contributed by atoms with van der Waals surface area (Å²) in [5.74, 6) is 0.520. The third-order valence-electron chi connectivity index (χ3n) is 2.88. The molecule has 22 heavy (non-hydrogen) atoms. The van der Waals surface area contributed by atoms with Crippen LogP contribution in [0.2, 0.25) is 10.0 Å². The van der Waals surface area contributed by atoms with Crippen molar-refractivity contribution >= 4 is 46.3 Å². The van der Waals surface area contributed by atoms with Gasteiger partial charge in [0.15, 0.2) is 10.8 Å². The van der Waals surface area contributed by atoms with E-state index in [9.17, 15) is 10.1 Å². The first-order chi connectivity index (χ1) is 10.5. The summed E-state index contributed by atoms with van der Waals surface area (Å²) < 4.78 is 1.70. The molecule has 0 unspecified atom stereocenters. The zero-order valence-electron chi connectivity index (χ0n) is 10.9. The lowest BCUT2D eigenvalue weighted by atomic mass is 10.2. The molecule has 0 bridgehead atoms. The van der Waals surface area contributed by atoms with Gasteiger partial charge in [-0.15, -0.1) is 10.2 Å². The topological polar surface area (TPSA) is 73.3 Å². The molecule has 0 spiro atoms. The first-order valence-electron chi connectivity index (χ1n) is 6.10. The van der Waals surface area contributed by atoms with Gasteiger partial charge in [-0.05, 0) is 11.6 Å². The van der Waals surface area contributed by atoms with Crippen LogP contribution in [0.5, 0.6) is 0 Å². The summed E-state index contributed by atoms with van der Waals surface area (Å²) in [4.78, 5) is 10.4. The highest BCUT2D eigenvalue weighted by atomic mass is 35.5.